The van der Waals surface area contributed by atoms with Gasteiger partial charge in [-0.2, -0.15) is 10.4 Å². The van der Waals surface area contributed by atoms with Crippen LogP contribution in [0.25, 0.3) is 10.9 Å². The summed E-state index contributed by atoms with van der Waals surface area (Å²) in [6.07, 6.45) is 0.700. The Balaban J connectivity index is 1.62. The number of imide groups is 1. The van der Waals surface area contributed by atoms with Gasteiger partial charge in [0.05, 0.1) is 22.7 Å². The highest BCUT2D eigenvalue weighted by molar-refractivity contribution is 7.90. The first-order valence-corrected chi connectivity index (χ1v) is 15.3. The lowest BCUT2D eigenvalue weighted by Gasteiger charge is -2.14. The maximum Gasteiger partial charge on any atom is 0.414 e. The molecule has 0 bridgehead atoms. The Bertz CT molecular complexity index is 1900. The second-order valence-electron chi connectivity index (χ2n) is 10.4. The summed E-state index contributed by atoms with van der Waals surface area (Å²) in [7, 11) is -3.82. The van der Waals surface area contributed by atoms with E-state index in [0.29, 0.717) is 22.7 Å². The molecule has 4 aromatic rings. The molecule has 0 atom stereocenters. The van der Waals surface area contributed by atoms with Crippen LogP contribution in [0.4, 0.5) is 10.5 Å². The van der Waals surface area contributed by atoms with Crippen LogP contribution in [0.2, 0.25) is 0 Å². The molecule has 11 nitrogen and oxygen atoms in total. The maximum absolute atomic E-state index is 13.6. The lowest BCUT2D eigenvalue weighted by atomic mass is 10.0. The van der Waals surface area contributed by atoms with Gasteiger partial charge < -0.3 is 9.47 Å². The lowest BCUT2D eigenvalue weighted by Crippen LogP contribution is -2.36. The first kappa shape index (κ1) is 31.8. The van der Waals surface area contributed by atoms with Crippen molar-refractivity contribution in [3.63, 3.8) is 0 Å². The monoisotopic (exact) mass is 615 g/mol. The third-order valence-electron chi connectivity index (χ3n) is 6.76. The molecule has 0 aliphatic rings. The number of hydrazone groups is 1. The topological polar surface area (TPSA) is 152 Å². The van der Waals surface area contributed by atoms with Gasteiger partial charge >= 0.3 is 6.09 Å². The van der Waals surface area contributed by atoms with Crippen LogP contribution in [0, 0.1) is 32.1 Å². The Hall–Kier alpha value is -5.15. The Morgan fingerprint density at radius 3 is 2.27 bits per heavy atom. The van der Waals surface area contributed by atoms with Crippen LogP contribution in [0.1, 0.15) is 48.9 Å². The van der Waals surface area contributed by atoms with E-state index in [-0.39, 0.29) is 17.4 Å². The summed E-state index contributed by atoms with van der Waals surface area (Å²) in [6, 6.07) is 17.2. The molecule has 2 N–H and O–H groups in total. The molecule has 0 saturated heterocycles. The van der Waals surface area contributed by atoms with Crippen LogP contribution in [0.5, 0.6) is 11.5 Å². The zero-order valence-electron chi connectivity index (χ0n) is 25.3. The summed E-state index contributed by atoms with van der Waals surface area (Å²) in [5.41, 5.74) is 6.46. The molecule has 0 radical (unpaired) electrons. The smallest absolute Gasteiger partial charge is 0.414 e. The van der Waals surface area contributed by atoms with E-state index in [2.05, 4.69) is 15.3 Å². The van der Waals surface area contributed by atoms with Crippen molar-refractivity contribution >= 4 is 44.3 Å². The van der Waals surface area contributed by atoms with Gasteiger partial charge in [0.25, 0.3) is 15.9 Å². The van der Waals surface area contributed by atoms with Crippen molar-refractivity contribution in [2.75, 3.05) is 12.0 Å². The van der Waals surface area contributed by atoms with E-state index in [1.165, 1.54) is 3.97 Å². The fraction of sp³-hybridized carbons (Fsp3) is 0.250. The van der Waals surface area contributed by atoms with Crippen LogP contribution < -0.4 is 15.5 Å². The number of amides is 2. The fourth-order valence-electron chi connectivity index (χ4n) is 4.61. The summed E-state index contributed by atoms with van der Waals surface area (Å²) < 4.78 is 39.4. The van der Waals surface area contributed by atoms with Crippen LogP contribution >= 0.6 is 0 Å². The summed E-state index contributed by atoms with van der Waals surface area (Å²) in [4.78, 5) is 23.8. The highest BCUT2D eigenvalue weighted by Gasteiger charge is 2.23. The van der Waals surface area contributed by atoms with Crippen molar-refractivity contribution in [3.8, 4) is 17.6 Å². The maximum atomic E-state index is 13.6. The number of nitrogens with zero attached hydrogens (tertiary/aromatic N) is 3. The number of hydrogen-bond donors (Lipinski definition) is 2. The quantitative estimate of drug-likeness (QED) is 0.165. The van der Waals surface area contributed by atoms with Gasteiger partial charge in [-0.1, -0.05) is 31.5 Å². The van der Waals surface area contributed by atoms with Crippen LogP contribution in [0.3, 0.4) is 0 Å². The van der Waals surface area contributed by atoms with E-state index in [4.69, 9.17) is 4.74 Å². The lowest BCUT2D eigenvalue weighted by molar-refractivity contribution is -0.114. The molecular formula is C32H33N5O6S. The second kappa shape index (κ2) is 13.0. The third-order valence-corrected chi connectivity index (χ3v) is 8.45. The summed E-state index contributed by atoms with van der Waals surface area (Å²) in [5, 5.41) is 15.8. The molecule has 228 valence electrons. The molecule has 1 aromatic heterocycles. The van der Waals surface area contributed by atoms with Crippen molar-refractivity contribution in [3.05, 3.63) is 83.0 Å². The van der Waals surface area contributed by atoms with Gasteiger partial charge in [0.2, 0.25) is 5.71 Å². The molecule has 0 aliphatic carbocycles. The van der Waals surface area contributed by atoms with E-state index in [1.807, 2.05) is 46.0 Å². The highest BCUT2D eigenvalue weighted by atomic mass is 32.2. The molecule has 0 aliphatic heterocycles. The average molecular weight is 616 g/mol. The number of carbonyl (C=O) groups excluding carboxylic acids is 2. The number of carbonyl (C=O) groups is 2. The van der Waals surface area contributed by atoms with Crippen molar-refractivity contribution in [1.82, 2.24) is 9.29 Å². The Labute approximate surface area is 256 Å². The predicted octanol–water partition coefficient (Wildman–Crippen LogP) is 6.28. The van der Waals surface area contributed by atoms with Crippen LogP contribution in [-0.2, 0) is 19.6 Å². The summed E-state index contributed by atoms with van der Waals surface area (Å²) in [5.74, 6) is 0.159. The van der Waals surface area contributed by atoms with E-state index < -0.39 is 27.7 Å². The van der Waals surface area contributed by atoms with Gasteiger partial charge in [0.15, 0.2) is 0 Å². The Morgan fingerprint density at radius 1 is 1.02 bits per heavy atom. The number of fused-ring (bicyclic) bond motifs is 1. The minimum atomic E-state index is -3.82. The van der Waals surface area contributed by atoms with Gasteiger partial charge in [0.1, 0.15) is 17.6 Å². The zero-order chi connectivity index (χ0) is 32.2. The van der Waals surface area contributed by atoms with Gasteiger partial charge in [-0.3, -0.25) is 15.5 Å². The van der Waals surface area contributed by atoms with Gasteiger partial charge in [-0.25, -0.2) is 17.2 Å². The minimum Gasteiger partial charge on any atom is -0.457 e. The van der Waals surface area contributed by atoms with E-state index >= 15 is 0 Å². The molecule has 0 saturated carbocycles. The number of aryl methyl sites for hydroxylation is 3. The van der Waals surface area contributed by atoms with Crippen LogP contribution in [0.15, 0.2) is 70.8 Å². The van der Waals surface area contributed by atoms with Gasteiger partial charge in [0, 0.05) is 11.6 Å². The third kappa shape index (κ3) is 6.74. The Kier molecular flexibility index (Phi) is 9.40. The summed E-state index contributed by atoms with van der Waals surface area (Å²) >= 11 is 0. The molecular weight excluding hydrogens is 582 g/mol. The van der Waals surface area contributed by atoms with E-state index in [1.54, 1.807) is 67.7 Å². The standard InChI is InChI=1S/C32H33N5O6S/c1-7-42-32(39)34-31(38)28(17-33)36-35-23-14-21(5)30(22(6)15-23)43-24-10-13-29-26(16-24)27(19(2)3)18-37(29)44(40,41)25-11-8-20(4)9-12-25/h8-16,18-19,35H,7H2,1-6H3,(H,34,38,39). The molecule has 4 rings (SSSR count). The van der Waals surface area contributed by atoms with Gasteiger partial charge in [-0.15, -0.1) is 0 Å². The second-order valence-corrected chi connectivity index (χ2v) is 12.2. The zero-order valence-corrected chi connectivity index (χ0v) is 26.1. The average Bonchev–Trinajstić information content (AvgIpc) is 3.36. The van der Waals surface area contributed by atoms with E-state index in [0.717, 1.165) is 27.6 Å². The molecule has 3 aromatic carbocycles. The molecule has 1 heterocycles. The minimum absolute atomic E-state index is 0.0503. The number of nitrogens with one attached hydrogen (secondary N) is 2. The van der Waals surface area contributed by atoms with Crippen molar-refractivity contribution in [2.45, 2.75) is 52.4 Å². The number of aromatic nitrogens is 1. The van der Waals surface area contributed by atoms with Crippen molar-refractivity contribution < 1.29 is 27.5 Å². The van der Waals surface area contributed by atoms with Crippen molar-refractivity contribution in [2.24, 2.45) is 5.10 Å². The van der Waals surface area contributed by atoms with E-state index in [9.17, 15) is 23.3 Å². The van der Waals surface area contributed by atoms with Crippen LogP contribution in [-0.4, -0.2) is 36.7 Å². The normalized spacial score (nSPS) is 11.7. The number of ether oxygens (including phenoxy) is 2. The molecule has 0 fully saturated rings. The molecule has 12 heteroatoms. The SMILES string of the molecule is CCOC(=O)NC(=O)C(C#N)=NNc1cc(C)c(Oc2ccc3c(c2)c(C(C)C)cn3S(=O)(=O)c2ccc(C)cc2)c(C)c1. The molecule has 0 spiro atoms. The molecule has 44 heavy (non-hydrogen) atoms. The highest BCUT2D eigenvalue weighted by Crippen LogP contribution is 2.36. The van der Waals surface area contributed by atoms with Gasteiger partial charge in [-0.05, 0) is 92.8 Å². The number of rotatable bonds is 9. The number of hydrogen-bond acceptors (Lipinski definition) is 9. The fourth-order valence-corrected chi connectivity index (χ4v) is 5.99. The first-order valence-electron chi connectivity index (χ1n) is 13.8. The number of nitriles is 1. The molecule has 0 unspecified atom stereocenters. The summed E-state index contributed by atoms with van der Waals surface area (Å²) in [6.45, 7) is 11.2. The molecule has 2 amide bonds. The number of anilines is 1. The van der Waals surface area contributed by atoms with Crippen molar-refractivity contribution in [1.29, 1.82) is 5.26 Å². The predicted molar refractivity (Wildman–Crippen MR) is 168 cm³/mol. The number of benzene rings is 3. The largest absolute Gasteiger partial charge is 0.457 e. The number of alkyl carbamates (subject to hydrolysis) is 1. The first-order chi connectivity index (χ1) is 20.8. The Morgan fingerprint density at radius 2 is 1.68 bits per heavy atom.